The third-order valence-electron chi connectivity index (χ3n) is 5.30. The van der Waals surface area contributed by atoms with Crippen molar-refractivity contribution in [2.75, 3.05) is 0 Å². The summed E-state index contributed by atoms with van der Waals surface area (Å²) in [5.41, 5.74) is 11.2. The van der Waals surface area contributed by atoms with E-state index in [4.69, 9.17) is 5.73 Å². The third-order valence-corrected chi connectivity index (χ3v) is 5.30. The fourth-order valence-corrected chi connectivity index (χ4v) is 3.80. The lowest BCUT2D eigenvalue weighted by atomic mass is 9.91. The number of fused-ring (bicyclic) bond motifs is 1. The van der Waals surface area contributed by atoms with Gasteiger partial charge in [-0.3, -0.25) is 4.79 Å². The summed E-state index contributed by atoms with van der Waals surface area (Å²) in [7, 11) is 0. The van der Waals surface area contributed by atoms with Crippen LogP contribution in [-0.2, 0) is 0 Å². The number of carbonyl (C=O) groups is 1. The van der Waals surface area contributed by atoms with Gasteiger partial charge in [0.15, 0.2) is 0 Å². The SMILES string of the molecule is Cc1ccc(-c2ccc3cc(C(=O)NC4CCCC(N)C4)[nH]c3c2)cc1. The number of hydrogen-bond donors (Lipinski definition) is 3. The topological polar surface area (TPSA) is 70.9 Å². The van der Waals surface area contributed by atoms with E-state index in [9.17, 15) is 4.79 Å². The first-order chi connectivity index (χ1) is 12.6. The molecule has 0 spiro atoms. The number of benzene rings is 2. The number of amides is 1. The molecule has 134 valence electrons. The number of aryl methyl sites for hydroxylation is 1. The van der Waals surface area contributed by atoms with Crippen LogP contribution in [-0.4, -0.2) is 23.0 Å². The number of H-pyrrole nitrogens is 1. The number of nitrogens with two attached hydrogens (primary N) is 1. The Morgan fingerprint density at radius 3 is 2.62 bits per heavy atom. The Morgan fingerprint density at radius 1 is 1.08 bits per heavy atom. The summed E-state index contributed by atoms with van der Waals surface area (Å²) in [6.45, 7) is 2.09. The molecule has 1 aliphatic rings. The average Bonchev–Trinajstić information content (AvgIpc) is 3.06. The van der Waals surface area contributed by atoms with Gasteiger partial charge >= 0.3 is 0 Å². The Morgan fingerprint density at radius 2 is 1.85 bits per heavy atom. The lowest BCUT2D eigenvalue weighted by molar-refractivity contribution is 0.0921. The molecule has 2 atom stereocenters. The van der Waals surface area contributed by atoms with E-state index in [1.54, 1.807) is 0 Å². The molecule has 2 unspecified atom stereocenters. The van der Waals surface area contributed by atoms with Crippen molar-refractivity contribution in [1.82, 2.24) is 10.3 Å². The second kappa shape index (κ2) is 6.96. The number of hydrogen-bond acceptors (Lipinski definition) is 2. The molecule has 4 nitrogen and oxygen atoms in total. The zero-order chi connectivity index (χ0) is 18.1. The summed E-state index contributed by atoms with van der Waals surface area (Å²) in [5.74, 6) is -0.0443. The molecule has 0 radical (unpaired) electrons. The first-order valence-electron chi connectivity index (χ1n) is 9.35. The first-order valence-corrected chi connectivity index (χ1v) is 9.35. The van der Waals surface area contributed by atoms with E-state index in [0.717, 1.165) is 42.1 Å². The highest BCUT2D eigenvalue weighted by Crippen LogP contribution is 2.25. The number of aromatic amines is 1. The number of nitrogens with one attached hydrogen (secondary N) is 2. The number of rotatable bonds is 3. The highest BCUT2D eigenvalue weighted by molar-refractivity contribution is 5.99. The summed E-state index contributed by atoms with van der Waals surface area (Å²) in [4.78, 5) is 15.9. The Hall–Kier alpha value is -2.59. The molecule has 1 fully saturated rings. The van der Waals surface area contributed by atoms with Crippen LogP contribution < -0.4 is 11.1 Å². The number of aromatic nitrogens is 1. The number of carbonyl (C=O) groups excluding carboxylic acids is 1. The summed E-state index contributed by atoms with van der Waals surface area (Å²) < 4.78 is 0. The van der Waals surface area contributed by atoms with Gasteiger partial charge < -0.3 is 16.0 Å². The van der Waals surface area contributed by atoms with Gasteiger partial charge in [0.25, 0.3) is 5.91 Å². The maximum Gasteiger partial charge on any atom is 0.267 e. The largest absolute Gasteiger partial charge is 0.351 e. The molecule has 2 aromatic carbocycles. The van der Waals surface area contributed by atoms with Crippen molar-refractivity contribution in [3.05, 3.63) is 59.8 Å². The van der Waals surface area contributed by atoms with Crippen LogP contribution in [0.3, 0.4) is 0 Å². The van der Waals surface area contributed by atoms with Crippen LogP contribution in [0.2, 0.25) is 0 Å². The van der Waals surface area contributed by atoms with E-state index in [-0.39, 0.29) is 18.0 Å². The highest BCUT2D eigenvalue weighted by atomic mass is 16.1. The zero-order valence-corrected chi connectivity index (χ0v) is 15.1. The third kappa shape index (κ3) is 3.51. The monoisotopic (exact) mass is 347 g/mol. The van der Waals surface area contributed by atoms with E-state index < -0.39 is 0 Å². The fraction of sp³-hybridized carbons (Fsp3) is 0.318. The second-order valence-corrected chi connectivity index (χ2v) is 7.45. The molecule has 0 aliphatic heterocycles. The fourth-order valence-electron chi connectivity index (χ4n) is 3.80. The maximum atomic E-state index is 12.6. The molecule has 3 aromatic rings. The normalized spacial score (nSPS) is 20.2. The van der Waals surface area contributed by atoms with Crippen molar-refractivity contribution in [2.45, 2.75) is 44.7 Å². The van der Waals surface area contributed by atoms with Crippen molar-refractivity contribution in [2.24, 2.45) is 5.73 Å². The second-order valence-electron chi connectivity index (χ2n) is 7.45. The highest BCUT2D eigenvalue weighted by Gasteiger charge is 2.21. The summed E-state index contributed by atoms with van der Waals surface area (Å²) in [5, 5.41) is 4.18. The Bertz CT molecular complexity index is 926. The molecule has 1 amide bonds. The van der Waals surface area contributed by atoms with E-state index in [2.05, 4.69) is 59.7 Å². The molecular weight excluding hydrogens is 322 g/mol. The lowest BCUT2D eigenvalue weighted by Crippen LogP contribution is -2.42. The van der Waals surface area contributed by atoms with E-state index in [0.29, 0.717) is 5.69 Å². The minimum atomic E-state index is -0.0443. The Balaban J connectivity index is 1.55. The average molecular weight is 347 g/mol. The molecule has 1 aromatic heterocycles. The van der Waals surface area contributed by atoms with E-state index >= 15 is 0 Å². The van der Waals surface area contributed by atoms with Gasteiger partial charge in [0.05, 0.1) is 0 Å². The van der Waals surface area contributed by atoms with Crippen molar-refractivity contribution in [3.8, 4) is 11.1 Å². The molecule has 4 heteroatoms. The smallest absolute Gasteiger partial charge is 0.267 e. The van der Waals surface area contributed by atoms with Gasteiger partial charge in [0.1, 0.15) is 5.69 Å². The molecule has 4 N–H and O–H groups in total. The van der Waals surface area contributed by atoms with Gasteiger partial charge in [-0.15, -0.1) is 0 Å². The van der Waals surface area contributed by atoms with Crippen LogP contribution in [0.5, 0.6) is 0 Å². The summed E-state index contributed by atoms with van der Waals surface area (Å²) in [6.07, 6.45) is 4.01. The van der Waals surface area contributed by atoms with Gasteiger partial charge in [-0.1, -0.05) is 42.0 Å². The molecule has 1 heterocycles. The molecule has 1 aliphatic carbocycles. The van der Waals surface area contributed by atoms with Crippen molar-refractivity contribution < 1.29 is 4.79 Å². The van der Waals surface area contributed by atoms with Gasteiger partial charge in [-0.05, 0) is 55.9 Å². The minimum absolute atomic E-state index is 0.0443. The van der Waals surface area contributed by atoms with Gasteiger partial charge in [0, 0.05) is 23.0 Å². The molecule has 1 saturated carbocycles. The molecule has 0 bridgehead atoms. The molecule has 0 saturated heterocycles. The summed E-state index contributed by atoms with van der Waals surface area (Å²) in [6, 6.07) is 17.0. The van der Waals surface area contributed by atoms with Crippen LogP contribution >= 0.6 is 0 Å². The first kappa shape index (κ1) is 16.9. The molecule has 4 rings (SSSR count). The lowest BCUT2D eigenvalue weighted by Gasteiger charge is -2.27. The van der Waals surface area contributed by atoms with Crippen molar-refractivity contribution in [1.29, 1.82) is 0 Å². The molecular formula is C22H25N3O. The van der Waals surface area contributed by atoms with Crippen LogP contribution in [0, 0.1) is 6.92 Å². The minimum Gasteiger partial charge on any atom is -0.351 e. The van der Waals surface area contributed by atoms with Gasteiger partial charge in [-0.2, -0.15) is 0 Å². The quantitative estimate of drug-likeness (QED) is 0.666. The predicted octanol–water partition coefficient (Wildman–Crippen LogP) is 4.14. The maximum absolute atomic E-state index is 12.6. The molecule has 26 heavy (non-hydrogen) atoms. The van der Waals surface area contributed by atoms with Gasteiger partial charge in [0.2, 0.25) is 0 Å². The zero-order valence-electron chi connectivity index (χ0n) is 15.1. The Kier molecular flexibility index (Phi) is 4.51. The van der Waals surface area contributed by atoms with Crippen molar-refractivity contribution >= 4 is 16.8 Å². The Labute approximate surface area is 153 Å². The van der Waals surface area contributed by atoms with Gasteiger partial charge in [-0.25, -0.2) is 0 Å². The standard InChI is InChI=1S/C22H25N3O/c1-14-5-7-15(8-6-14)16-9-10-17-12-21(25-20(17)11-16)22(26)24-19-4-2-3-18(23)13-19/h5-12,18-19,25H,2-4,13,23H2,1H3,(H,24,26). The van der Waals surface area contributed by atoms with Crippen LogP contribution in [0.15, 0.2) is 48.5 Å². The predicted molar refractivity (Wildman–Crippen MR) is 106 cm³/mol. The van der Waals surface area contributed by atoms with Crippen LogP contribution in [0.4, 0.5) is 0 Å². The van der Waals surface area contributed by atoms with Crippen LogP contribution in [0.25, 0.3) is 22.0 Å². The van der Waals surface area contributed by atoms with E-state index in [1.807, 2.05) is 6.07 Å². The van der Waals surface area contributed by atoms with E-state index in [1.165, 1.54) is 11.1 Å². The van der Waals surface area contributed by atoms with Crippen molar-refractivity contribution in [3.63, 3.8) is 0 Å². The summed E-state index contributed by atoms with van der Waals surface area (Å²) >= 11 is 0. The van der Waals surface area contributed by atoms with Crippen LogP contribution in [0.1, 0.15) is 41.7 Å².